The topological polar surface area (TPSA) is 17.1 Å². The quantitative estimate of drug-likeness (QED) is 0.501. The third-order valence-electron chi connectivity index (χ3n) is 3.33. The number of ketones is 1. The molecular weight excluding hydrogens is 184 g/mol. The molecule has 1 unspecified atom stereocenters. The molecule has 0 aromatic rings. The maximum absolute atomic E-state index is 10.7. The largest absolute Gasteiger partial charge is 0.295 e. The zero-order valence-corrected chi connectivity index (χ0v) is 10.2. The molecule has 1 nitrogen and oxygen atoms in total. The standard InChI is InChI=1S/C14H22O/c1-12-7-10-14(3,11-8-12)9-5-4-6-13(2)15/h4,6-7H,5,8-11H2,1-3H3. The van der Waals surface area contributed by atoms with Crippen LogP contribution in [0.15, 0.2) is 23.8 Å². The molecule has 0 bridgehead atoms. The third-order valence-corrected chi connectivity index (χ3v) is 3.33. The molecular formula is C14H22O. The van der Waals surface area contributed by atoms with Gasteiger partial charge in [0.15, 0.2) is 5.78 Å². The minimum Gasteiger partial charge on any atom is -0.295 e. The maximum Gasteiger partial charge on any atom is 0.152 e. The summed E-state index contributed by atoms with van der Waals surface area (Å²) in [5.74, 6) is 0.152. The van der Waals surface area contributed by atoms with Gasteiger partial charge < -0.3 is 0 Å². The fourth-order valence-corrected chi connectivity index (χ4v) is 2.03. The second kappa shape index (κ2) is 5.29. The van der Waals surface area contributed by atoms with E-state index in [0.29, 0.717) is 5.41 Å². The predicted octanol–water partition coefficient (Wildman–Crippen LogP) is 4.05. The van der Waals surface area contributed by atoms with Gasteiger partial charge in [0, 0.05) is 0 Å². The first kappa shape index (κ1) is 12.2. The first-order chi connectivity index (χ1) is 7.02. The summed E-state index contributed by atoms with van der Waals surface area (Å²) in [6.07, 6.45) is 12.0. The molecule has 0 fully saturated rings. The van der Waals surface area contributed by atoms with Crippen molar-refractivity contribution in [1.82, 2.24) is 0 Å². The van der Waals surface area contributed by atoms with Crippen LogP contribution in [0.3, 0.4) is 0 Å². The lowest BCUT2D eigenvalue weighted by Crippen LogP contribution is -2.18. The molecule has 0 aliphatic heterocycles. The zero-order valence-electron chi connectivity index (χ0n) is 10.2. The van der Waals surface area contributed by atoms with Crippen molar-refractivity contribution in [2.24, 2.45) is 5.41 Å². The minimum absolute atomic E-state index is 0.152. The summed E-state index contributed by atoms with van der Waals surface area (Å²) < 4.78 is 0. The Morgan fingerprint density at radius 2 is 2.33 bits per heavy atom. The lowest BCUT2D eigenvalue weighted by molar-refractivity contribution is -0.112. The zero-order chi connectivity index (χ0) is 11.3. The molecule has 1 rings (SSSR count). The predicted molar refractivity (Wildman–Crippen MR) is 64.8 cm³/mol. The Balaban J connectivity index is 2.35. The normalized spacial score (nSPS) is 26.7. The van der Waals surface area contributed by atoms with Crippen molar-refractivity contribution < 1.29 is 4.79 Å². The molecule has 0 spiro atoms. The molecule has 0 N–H and O–H groups in total. The molecule has 0 saturated carbocycles. The van der Waals surface area contributed by atoms with E-state index in [-0.39, 0.29) is 5.78 Å². The Morgan fingerprint density at radius 3 is 2.87 bits per heavy atom. The Kier molecular flexibility index (Phi) is 4.31. The Bertz CT molecular complexity index is 286. The summed E-state index contributed by atoms with van der Waals surface area (Å²) >= 11 is 0. The molecule has 0 amide bonds. The molecule has 1 heteroatoms. The van der Waals surface area contributed by atoms with Crippen LogP contribution in [0.4, 0.5) is 0 Å². The molecule has 0 saturated heterocycles. The van der Waals surface area contributed by atoms with Crippen LogP contribution in [0, 0.1) is 5.41 Å². The first-order valence-corrected chi connectivity index (χ1v) is 5.85. The van der Waals surface area contributed by atoms with Crippen molar-refractivity contribution >= 4 is 5.78 Å². The van der Waals surface area contributed by atoms with Gasteiger partial charge in [-0.15, -0.1) is 0 Å². The van der Waals surface area contributed by atoms with Gasteiger partial charge in [0.1, 0.15) is 0 Å². The Labute approximate surface area is 93.3 Å². The molecule has 15 heavy (non-hydrogen) atoms. The highest BCUT2D eigenvalue weighted by atomic mass is 16.1. The highest BCUT2D eigenvalue weighted by Gasteiger charge is 2.24. The van der Waals surface area contributed by atoms with Gasteiger partial charge in [0.05, 0.1) is 0 Å². The van der Waals surface area contributed by atoms with Gasteiger partial charge in [-0.3, -0.25) is 4.79 Å². The van der Waals surface area contributed by atoms with Crippen LogP contribution in [-0.2, 0) is 4.79 Å². The van der Waals surface area contributed by atoms with Crippen LogP contribution < -0.4 is 0 Å². The maximum atomic E-state index is 10.7. The SMILES string of the molecule is CC(=O)C=CCCC1(C)CC=C(C)CC1. The Hall–Kier alpha value is -0.850. The van der Waals surface area contributed by atoms with Gasteiger partial charge in [0.2, 0.25) is 0 Å². The number of rotatable bonds is 4. The van der Waals surface area contributed by atoms with Crippen molar-refractivity contribution in [1.29, 1.82) is 0 Å². The van der Waals surface area contributed by atoms with Crippen LogP contribution >= 0.6 is 0 Å². The van der Waals surface area contributed by atoms with E-state index in [4.69, 9.17) is 0 Å². The highest BCUT2D eigenvalue weighted by Crippen LogP contribution is 2.38. The summed E-state index contributed by atoms with van der Waals surface area (Å²) in [6, 6.07) is 0. The fraction of sp³-hybridized carbons (Fsp3) is 0.643. The van der Waals surface area contributed by atoms with Crippen molar-refractivity contribution in [3.05, 3.63) is 23.8 Å². The van der Waals surface area contributed by atoms with Crippen molar-refractivity contribution in [3.63, 3.8) is 0 Å². The van der Waals surface area contributed by atoms with E-state index in [1.807, 2.05) is 6.08 Å². The summed E-state index contributed by atoms with van der Waals surface area (Å²) in [4.78, 5) is 10.7. The number of hydrogen-bond donors (Lipinski definition) is 0. The average Bonchev–Trinajstić information content (AvgIpc) is 2.18. The van der Waals surface area contributed by atoms with Crippen LogP contribution in [0.25, 0.3) is 0 Å². The summed E-state index contributed by atoms with van der Waals surface area (Å²) in [6.45, 7) is 6.18. The first-order valence-electron chi connectivity index (χ1n) is 5.85. The molecule has 0 aromatic carbocycles. The van der Waals surface area contributed by atoms with Gasteiger partial charge in [-0.1, -0.05) is 24.6 Å². The lowest BCUT2D eigenvalue weighted by Gasteiger charge is -2.32. The second-order valence-corrected chi connectivity index (χ2v) is 5.12. The highest BCUT2D eigenvalue weighted by molar-refractivity contribution is 5.87. The minimum atomic E-state index is 0.152. The van der Waals surface area contributed by atoms with Crippen LogP contribution in [-0.4, -0.2) is 5.78 Å². The molecule has 0 heterocycles. The van der Waals surface area contributed by atoms with Gasteiger partial charge in [-0.05, 0) is 57.4 Å². The van der Waals surface area contributed by atoms with Gasteiger partial charge in [0.25, 0.3) is 0 Å². The number of hydrogen-bond acceptors (Lipinski definition) is 1. The van der Waals surface area contributed by atoms with E-state index in [1.165, 1.54) is 31.3 Å². The molecule has 1 aliphatic carbocycles. The van der Waals surface area contributed by atoms with Crippen LogP contribution in [0.1, 0.15) is 52.9 Å². The van der Waals surface area contributed by atoms with Gasteiger partial charge in [-0.2, -0.15) is 0 Å². The number of carbonyl (C=O) groups excluding carboxylic acids is 1. The van der Waals surface area contributed by atoms with Crippen molar-refractivity contribution in [2.75, 3.05) is 0 Å². The van der Waals surface area contributed by atoms with Gasteiger partial charge >= 0.3 is 0 Å². The smallest absolute Gasteiger partial charge is 0.152 e. The number of carbonyl (C=O) groups is 1. The summed E-state index contributed by atoms with van der Waals surface area (Å²) in [7, 11) is 0. The van der Waals surface area contributed by atoms with E-state index < -0.39 is 0 Å². The van der Waals surface area contributed by atoms with Crippen LogP contribution in [0.2, 0.25) is 0 Å². The van der Waals surface area contributed by atoms with E-state index in [0.717, 1.165) is 6.42 Å². The lowest BCUT2D eigenvalue weighted by atomic mass is 9.74. The third kappa shape index (κ3) is 4.46. The fourth-order valence-electron chi connectivity index (χ4n) is 2.03. The molecule has 1 atom stereocenters. The van der Waals surface area contributed by atoms with Gasteiger partial charge in [-0.25, -0.2) is 0 Å². The second-order valence-electron chi connectivity index (χ2n) is 5.12. The molecule has 1 aliphatic rings. The van der Waals surface area contributed by atoms with E-state index >= 15 is 0 Å². The van der Waals surface area contributed by atoms with E-state index in [9.17, 15) is 4.79 Å². The van der Waals surface area contributed by atoms with Crippen molar-refractivity contribution in [2.45, 2.75) is 52.9 Å². The van der Waals surface area contributed by atoms with E-state index in [1.54, 1.807) is 13.0 Å². The summed E-state index contributed by atoms with van der Waals surface area (Å²) in [5.41, 5.74) is 1.99. The van der Waals surface area contributed by atoms with Crippen LogP contribution in [0.5, 0.6) is 0 Å². The molecule has 0 aromatic heterocycles. The Morgan fingerprint density at radius 1 is 1.60 bits per heavy atom. The molecule has 84 valence electrons. The van der Waals surface area contributed by atoms with E-state index in [2.05, 4.69) is 19.9 Å². The average molecular weight is 206 g/mol. The van der Waals surface area contributed by atoms with Crippen molar-refractivity contribution in [3.8, 4) is 0 Å². The summed E-state index contributed by atoms with van der Waals surface area (Å²) in [5, 5.41) is 0. The number of allylic oxidation sites excluding steroid dienone is 4. The molecule has 0 radical (unpaired) electrons. The monoisotopic (exact) mass is 206 g/mol.